The average molecular weight is 351 g/mol. The summed E-state index contributed by atoms with van der Waals surface area (Å²) in [7, 11) is -3.57. The molecule has 8 heteroatoms. The molecule has 0 unspecified atom stereocenters. The van der Waals surface area contributed by atoms with Crippen molar-refractivity contribution in [1.29, 1.82) is 0 Å². The van der Waals surface area contributed by atoms with Crippen molar-refractivity contribution in [3.05, 3.63) is 40.8 Å². The number of hydrogen-bond acceptors (Lipinski definition) is 6. The molecule has 0 amide bonds. The fourth-order valence-electron chi connectivity index (χ4n) is 2.74. The summed E-state index contributed by atoms with van der Waals surface area (Å²) in [6.45, 7) is 5.25. The average Bonchev–Trinajstić information content (AvgIpc) is 2.59. The molecule has 0 aliphatic carbocycles. The summed E-state index contributed by atoms with van der Waals surface area (Å²) in [6, 6.07) is 7.30. The van der Waals surface area contributed by atoms with E-state index in [1.165, 1.54) is 24.3 Å². The van der Waals surface area contributed by atoms with E-state index in [-0.39, 0.29) is 4.90 Å². The van der Waals surface area contributed by atoms with Crippen molar-refractivity contribution >= 4 is 21.0 Å². The van der Waals surface area contributed by atoms with Crippen molar-refractivity contribution in [2.45, 2.75) is 11.3 Å². The molecule has 2 heterocycles. The Morgan fingerprint density at radius 2 is 1.96 bits per heavy atom. The molecule has 0 atom stereocenters. The van der Waals surface area contributed by atoms with Gasteiger partial charge in [0, 0.05) is 44.2 Å². The second kappa shape index (κ2) is 7.43. The zero-order valence-corrected chi connectivity index (χ0v) is 14.1. The summed E-state index contributed by atoms with van der Waals surface area (Å²) in [4.78, 5) is 13.7. The predicted octanol–water partition coefficient (Wildman–Crippen LogP) is 0.367. The van der Waals surface area contributed by atoms with Crippen molar-refractivity contribution in [3.8, 4) is 0 Å². The molecule has 1 aliphatic rings. The van der Waals surface area contributed by atoms with Crippen LogP contribution >= 0.6 is 0 Å². The Kier molecular flexibility index (Phi) is 5.30. The monoisotopic (exact) mass is 351 g/mol. The van der Waals surface area contributed by atoms with E-state index in [4.69, 9.17) is 4.42 Å². The molecule has 0 saturated carbocycles. The summed E-state index contributed by atoms with van der Waals surface area (Å²) < 4.78 is 32.4. The molecule has 1 aromatic heterocycles. The van der Waals surface area contributed by atoms with E-state index < -0.39 is 15.6 Å². The third kappa shape index (κ3) is 4.21. The van der Waals surface area contributed by atoms with Gasteiger partial charge in [0.05, 0.1) is 4.90 Å². The van der Waals surface area contributed by atoms with Crippen LogP contribution in [0.25, 0.3) is 11.0 Å². The first-order valence-corrected chi connectivity index (χ1v) is 9.50. The lowest BCUT2D eigenvalue weighted by Gasteiger charge is -2.27. The Balaban J connectivity index is 1.60. The minimum absolute atomic E-state index is 0.172. The summed E-state index contributed by atoms with van der Waals surface area (Å²) in [6.07, 6.45) is 0.766. The highest BCUT2D eigenvalue weighted by molar-refractivity contribution is 7.89. The van der Waals surface area contributed by atoms with Crippen LogP contribution in [0.2, 0.25) is 0 Å². The van der Waals surface area contributed by atoms with Crippen LogP contribution in [-0.2, 0) is 10.0 Å². The van der Waals surface area contributed by atoms with Crippen molar-refractivity contribution in [1.82, 2.24) is 14.9 Å². The smallest absolute Gasteiger partial charge is 0.336 e. The van der Waals surface area contributed by atoms with Crippen molar-refractivity contribution in [2.75, 3.05) is 39.3 Å². The summed E-state index contributed by atoms with van der Waals surface area (Å²) in [5.41, 5.74) is -0.0793. The molecular formula is C16H21N3O4S. The highest BCUT2D eigenvalue weighted by atomic mass is 32.2. The summed E-state index contributed by atoms with van der Waals surface area (Å²) in [5.74, 6) is 0. The van der Waals surface area contributed by atoms with Crippen LogP contribution in [0.15, 0.2) is 44.4 Å². The zero-order chi connectivity index (χ0) is 17.0. The molecular weight excluding hydrogens is 330 g/mol. The number of nitrogens with zero attached hydrogens (tertiary/aromatic N) is 1. The van der Waals surface area contributed by atoms with E-state index in [2.05, 4.69) is 14.9 Å². The Bertz CT molecular complexity index is 857. The van der Waals surface area contributed by atoms with E-state index in [0.717, 1.165) is 39.1 Å². The predicted molar refractivity (Wildman–Crippen MR) is 91.6 cm³/mol. The molecule has 3 rings (SSSR count). The van der Waals surface area contributed by atoms with Gasteiger partial charge in [0.2, 0.25) is 10.0 Å². The van der Waals surface area contributed by atoms with Gasteiger partial charge in [0.15, 0.2) is 0 Å². The highest BCUT2D eigenvalue weighted by Gasteiger charge is 2.15. The standard InChI is InChI=1S/C16H21N3O4S/c20-16-5-2-13-12-14(3-4-15(13)23-16)24(21,22)18-6-1-9-19-10-7-17-8-11-19/h2-5,12,17-18H,1,6-11H2. The largest absolute Gasteiger partial charge is 0.423 e. The molecule has 1 aromatic carbocycles. The minimum atomic E-state index is -3.57. The summed E-state index contributed by atoms with van der Waals surface area (Å²) >= 11 is 0. The molecule has 2 N–H and O–H groups in total. The molecule has 1 saturated heterocycles. The third-order valence-electron chi connectivity index (χ3n) is 4.05. The Morgan fingerprint density at radius 3 is 2.75 bits per heavy atom. The topological polar surface area (TPSA) is 91.7 Å². The van der Waals surface area contributed by atoms with E-state index >= 15 is 0 Å². The second-order valence-electron chi connectivity index (χ2n) is 5.80. The van der Waals surface area contributed by atoms with E-state index in [1.807, 2.05) is 0 Å². The first-order chi connectivity index (χ1) is 11.5. The van der Waals surface area contributed by atoms with Gasteiger partial charge in [0.1, 0.15) is 5.58 Å². The first kappa shape index (κ1) is 17.1. The Hall–Kier alpha value is -1.74. The number of piperazine rings is 1. The van der Waals surface area contributed by atoms with Gasteiger partial charge >= 0.3 is 5.63 Å². The van der Waals surface area contributed by atoms with Gasteiger partial charge in [0.25, 0.3) is 0 Å². The minimum Gasteiger partial charge on any atom is -0.423 e. The lowest BCUT2D eigenvalue weighted by atomic mass is 10.2. The number of benzene rings is 1. The first-order valence-electron chi connectivity index (χ1n) is 8.01. The number of rotatable bonds is 6. The van der Waals surface area contributed by atoms with E-state index in [1.54, 1.807) is 6.07 Å². The molecule has 7 nitrogen and oxygen atoms in total. The molecule has 1 aliphatic heterocycles. The van der Waals surface area contributed by atoms with Gasteiger partial charge in [-0.1, -0.05) is 0 Å². The lowest BCUT2D eigenvalue weighted by Crippen LogP contribution is -2.44. The maximum Gasteiger partial charge on any atom is 0.336 e. The van der Waals surface area contributed by atoms with Crippen LogP contribution < -0.4 is 15.7 Å². The molecule has 1 fully saturated rings. The quantitative estimate of drug-likeness (QED) is 0.577. The maximum atomic E-state index is 12.4. The van der Waals surface area contributed by atoms with Gasteiger partial charge in [-0.05, 0) is 37.2 Å². The molecule has 2 aromatic rings. The third-order valence-corrected chi connectivity index (χ3v) is 5.51. The van der Waals surface area contributed by atoms with Crippen LogP contribution in [0.3, 0.4) is 0 Å². The fraction of sp³-hybridized carbons (Fsp3) is 0.438. The number of hydrogen-bond donors (Lipinski definition) is 2. The van der Waals surface area contributed by atoms with Gasteiger partial charge < -0.3 is 14.6 Å². The van der Waals surface area contributed by atoms with Crippen molar-refractivity contribution < 1.29 is 12.8 Å². The molecule has 24 heavy (non-hydrogen) atoms. The summed E-state index contributed by atoms with van der Waals surface area (Å²) in [5, 5.41) is 3.87. The van der Waals surface area contributed by atoms with Crippen molar-refractivity contribution in [2.24, 2.45) is 0 Å². The number of fused-ring (bicyclic) bond motifs is 1. The molecule has 130 valence electrons. The molecule has 0 spiro atoms. The van der Waals surface area contributed by atoms with E-state index in [9.17, 15) is 13.2 Å². The lowest BCUT2D eigenvalue weighted by molar-refractivity contribution is 0.239. The normalized spacial score (nSPS) is 16.5. The van der Waals surface area contributed by atoms with Crippen molar-refractivity contribution in [3.63, 3.8) is 0 Å². The Labute approximate surface area is 140 Å². The fourth-order valence-corrected chi connectivity index (χ4v) is 3.85. The second-order valence-corrected chi connectivity index (χ2v) is 7.56. The maximum absolute atomic E-state index is 12.4. The highest BCUT2D eigenvalue weighted by Crippen LogP contribution is 2.17. The molecule has 0 bridgehead atoms. The molecule has 0 radical (unpaired) electrons. The zero-order valence-electron chi connectivity index (χ0n) is 13.3. The van der Waals surface area contributed by atoms with Crippen LogP contribution in [-0.4, -0.2) is 52.6 Å². The SMILES string of the molecule is O=c1ccc2cc(S(=O)(=O)NCCCN3CCNCC3)ccc2o1. The van der Waals surface area contributed by atoms with Crippen LogP contribution in [0, 0.1) is 0 Å². The van der Waals surface area contributed by atoms with Crippen LogP contribution in [0.4, 0.5) is 0 Å². The van der Waals surface area contributed by atoms with Crippen LogP contribution in [0.1, 0.15) is 6.42 Å². The van der Waals surface area contributed by atoms with Gasteiger partial charge in [-0.2, -0.15) is 0 Å². The van der Waals surface area contributed by atoms with Crippen LogP contribution in [0.5, 0.6) is 0 Å². The number of nitrogens with one attached hydrogen (secondary N) is 2. The van der Waals surface area contributed by atoms with Gasteiger partial charge in [-0.15, -0.1) is 0 Å². The van der Waals surface area contributed by atoms with E-state index in [0.29, 0.717) is 17.5 Å². The van der Waals surface area contributed by atoms with Gasteiger partial charge in [-0.25, -0.2) is 17.9 Å². The Morgan fingerprint density at radius 1 is 1.17 bits per heavy atom. The van der Waals surface area contributed by atoms with Gasteiger partial charge in [-0.3, -0.25) is 0 Å². The number of sulfonamides is 1.